The van der Waals surface area contributed by atoms with Crippen LogP contribution in [0.5, 0.6) is 0 Å². The van der Waals surface area contributed by atoms with E-state index in [1.54, 1.807) is 30.3 Å². The predicted molar refractivity (Wildman–Crippen MR) is 109 cm³/mol. The second kappa shape index (κ2) is 7.25. The molecular weight excluding hydrogens is 391 g/mol. The molecule has 0 radical (unpaired) electrons. The van der Waals surface area contributed by atoms with E-state index >= 15 is 0 Å². The maximum atomic E-state index is 13.5. The summed E-state index contributed by atoms with van der Waals surface area (Å²) in [7, 11) is 0. The number of aliphatic hydroxyl groups excluding tert-OH is 1. The van der Waals surface area contributed by atoms with Crippen LogP contribution < -0.4 is 4.90 Å². The Kier molecular flexibility index (Phi) is 4.76. The molecule has 0 unspecified atom stereocenters. The molecule has 1 saturated heterocycles. The average Bonchev–Trinajstić information content (AvgIpc) is 3.18. The quantitative estimate of drug-likeness (QED) is 0.393. The summed E-state index contributed by atoms with van der Waals surface area (Å²) in [5.74, 6) is -2.28. The van der Waals surface area contributed by atoms with Crippen LogP contribution in [-0.2, 0) is 9.59 Å². The number of carbonyl (C=O) groups is 2. The van der Waals surface area contributed by atoms with Gasteiger partial charge in [0.15, 0.2) is 5.13 Å². The van der Waals surface area contributed by atoms with E-state index < -0.39 is 23.5 Å². The molecule has 0 bridgehead atoms. The molecule has 1 amide bonds. The van der Waals surface area contributed by atoms with E-state index in [1.165, 1.54) is 40.5 Å². The molecule has 1 fully saturated rings. The minimum absolute atomic E-state index is 0.0432. The zero-order valence-electron chi connectivity index (χ0n) is 15.7. The lowest BCUT2D eigenvalue weighted by atomic mass is 9.95. The van der Waals surface area contributed by atoms with Crippen molar-refractivity contribution in [3.8, 4) is 0 Å². The van der Waals surface area contributed by atoms with Crippen molar-refractivity contribution < 1.29 is 19.1 Å². The van der Waals surface area contributed by atoms with Gasteiger partial charge in [0.1, 0.15) is 11.6 Å². The maximum absolute atomic E-state index is 13.5. The third kappa shape index (κ3) is 3.23. The first kappa shape index (κ1) is 19.0. The van der Waals surface area contributed by atoms with Gasteiger partial charge in [-0.3, -0.25) is 14.5 Å². The molecule has 1 atom stereocenters. The number of hydrogen-bond acceptors (Lipinski definition) is 5. The molecule has 0 saturated carbocycles. The lowest BCUT2D eigenvalue weighted by Crippen LogP contribution is -2.29. The van der Waals surface area contributed by atoms with Gasteiger partial charge in [0, 0.05) is 10.4 Å². The van der Waals surface area contributed by atoms with Gasteiger partial charge in [-0.1, -0.05) is 42.5 Å². The van der Waals surface area contributed by atoms with Crippen molar-refractivity contribution in [2.45, 2.75) is 19.9 Å². The van der Waals surface area contributed by atoms with Crippen molar-refractivity contribution in [2.24, 2.45) is 0 Å². The van der Waals surface area contributed by atoms with E-state index in [9.17, 15) is 19.1 Å². The SMILES string of the molecule is Cc1nc(N2C(=O)C(=O)C(=C(O)c3ccccc3)[C@@H]2c2ccc(F)cc2)sc1C. The van der Waals surface area contributed by atoms with Crippen LogP contribution in [0, 0.1) is 19.7 Å². The van der Waals surface area contributed by atoms with Crippen LogP contribution in [0.4, 0.5) is 9.52 Å². The molecule has 0 aliphatic carbocycles. The number of ketones is 1. The number of aryl methyl sites for hydroxylation is 2. The molecule has 3 aromatic rings. The molecule has 29 heavy (non-hydrogen) atoms. The van der Waals surface area contributed by atoms with Gasteiger partial charge in [-0.25, -0.2) is 9.37 Å². The number of Topliss-reactive ketones (excluding diaryl/α,β-unsaturated/α-hetero) is 1. The molecule has 5 nitrogen and oxygen atoms in total. The second-order valence-corrected chi connectivity index (χ2v) is 7.91. The Morgan fingerprint density at radius 1 is 1.07 bits per heavy atom. The van der Waals surface area contributed by atoms with Gasteiger partial charge in [0.25, 0.3) is 5.78 Å². The lowest BCUT2D eigenvalue weighted by Gasteiger charge is -2.23. The van der Waals surface area contributed by atoms with Crippen molar-refractivity contribution in [1.82, 2.24) is 4.98 Å². The summed E-state index contributed by atoms with van der Waals surface area (Å²) in [4.78, 5) is 32.5. The lowest BCUT2D eigenvalue weighted by molar-refractivity contribution is -0.132. The Hall–Kier alpha value is -3.32. The van der Waals surface area contributed by atoms with Gasteiger partial charge < -0.3 is 5.11 Å². The average molecular weight is 408 g/mol. The summed E-state index contributed by atoms with van der Waals surface area (Å²) in [6.07, 6.45) is 0. The van der Waals surface area contributed by atoms with Gasteiger partial charge in [0.05, 0.1) is 17.3 Å². The summed E-state index contributed by atoms with van der Waals surface area (Å²) >= 11 is 1.29. The topological polar surface area (TPSA) is 70.5 Å². The molecule has 1 aliphatic rings. The van der Waals surface area contributed by atoms with Crippen LogP contribution in [0.2, 0.25) is 0 Å². The minimum Gasteiger partial charge on any atom is -0.507 e. The van der Waals surface area contributed by atoms with Crippen LogP contribution in [-0.4, -0.2) is 21.8 Å². The number of aromatic nitrogens is 1. The van der Waals surface area contributed by atoms with E-state index in [2.05, 4.69) is 4.98 Å². The normalized spacial score (nSPS) is 18.4. The Labute approximate surface area is 170 Å². The molecule has 4 rings (SSSR count). The molecule has 2 aromatic carbocycles. The fourth-order valence-electron chi connectivity index (χ4n) is 3.30. The maximum Gasteiger partial charge on any atom is 0.301 e. The number of benzene rings is 2. The fourth-order valence-corrected chi connectivity index (χ4v) is 4.24. The van der Waals surface area contributed by atoms with Crippen molar-refractivity contribution in [3.05, 3.63) is 87.7 Å². The first-order valence-electron chi connectivity index (χ1n) is 8.94. The largest absolute Gasteiger partial charge is 0.507 e. The first-order chi connectivity index (χ1) is 13.9. The summed E-state index contributed by atoms with van der Waals surface area (Å²) in [6, 6.07) is 13.2. The number of rotatable bonds is 3. The number of carbonyl (C=O) groups excluding carboxylic acids is 2. The van der Waals surface area contributed by atoms with Crippen LogP contribution >= 0.6 is 11.3 Å². The molecule has 2 heterocycles. The standard InChI is InChI=1S/C22H17FN2O3S/c1-12-13(2)29-22(24-12)25-18(14-8-10-16(23)11-9-14)17(20(27)21(25)28)19(26)15-6-4-3-5-7-15/h3-11,18,26H,1-2H3/t18-/m0/s1. The Morgan fingerprint density at radius 2 is 1.72 bits per heavy atom. The molecule has 1 aliphatic heterocycles. The highest BCUT2D eigenvalue weighted by molar-refractivity contribution is 7.16. The van der Waals surface area contributed by atoms with E-state index in [0.29, 0.717) is 16.3 Å². The number of aliphatic hydroxyl groups is 1. The van der Waals surface area contributed by atoms with Crippen molar-refractivity contribution >= 4 is 33.9 Å². The highest BCUT2D eigenvalue weighted by Crippen LogP contribution is 2.43. The fraction of sp³-hybridized carbons (Fsp3) is 0.136. The van der Waals surface area contributed by atoms with E-state index in [1.807, 2.05) is 13.8 Å². The van der Waals surface area contributed by atoms with Crippen molar-refractivity contribution in [3.63, 3.8) is 0 Å². The summed E-state index contributed by atoms with van der Waals surface area (Å²) in [6.45, 7) is 3.70. The molecule has 7 heteroatoms. The Morgan fingerprint density at radius 3 is 2.31 bits per heavy atom. The minimum atomic E-state index is -0.902. The highest BCUT2D eigenvalue weighted by Gasteiger charge is 2.48. The zero-order chi connectivity index (χ0) is 20.7. The molecule has 1 aromatic heterocycles. The Bertz CT molecular complexity index is 1120. The van der Waals surface area contributed by atoms with E-state index in [4.69, 9.17) is 0 Å². The number of thiazole rings is 1. The first-order valence-corrected chi connectivity index (χ1v) is 9.76. The van der Waals surface area contributed by atoms with Crippen LogP contribution in [0.3, 0.4) is 0 Å². The smallest absolute Gasteiger partial charge is 0.301 e. The van der Waals surface area contributed by atoms with Gasteiger partial charge in [0.2, 0.25) is 0 Å². The van der Waals surface area contributed by atoms with Gasteiger partial charge in [-0.15, -0.1) is 11.3 Å². The summed E-state index contributed by atoms with van der Waals surface area (Å²) in [5, 5.41) is 11.3. The van der Waals surface area contributed by atoms with Crippen molar-refractivity contribution in [2.75, 3.05) is 4.90 Å². The van der Waals surface area contributed by atoms with Gasteiger partial charge in [-0.2, -0.15) is 0 Å². The molecule has 146 valence electrons. The monoisotopic (exact) mass is 408 g/mol. The molecular formula is C22H17FN2O3S. The number of hydrogen-bond donors (Lipinski definition) is 1. The summed E-state index contributed by atoms with van der Waals surface area (Å²) in [5.41, 5.74) is 1.64. The third-order valence-corrected chi connectivity index (χ3v) is 5.97. The van der Waals surface area contributed by atoms with E-state index in [-0.39, 0.29) is 11.3 Å². The third-order valence-electron chi connectivity index (χ3n) is 4.90. The predicted octanol–water partition coefficient (Wildman–Crippen LogP) is 4.53. The highest BCUT2D eigenvalue weighted by atomic mass is 32.1. The van der Waals surface area contributed by atoms with Gasteiger partial charge in [-0.05, 0) is 31.5 Å². The molecule has 0 spiro atoms. The number of nitrogens with zero attached hydrogens (tertiary/aromatic N) is 2. The van der Waals surface area contributed by atoms with Gasteiger partial charge >= 0.3 is 5.91 Å². The van der Waals surface area contributed by atoms with E-state index in [0.717, 1.165) is 10.6 Å². The number of anilines is 1. The van der Waals surface area contributed by atoms with Crippen LogP contribution in [0.1, 0.15) is 27.7 Å². The Balaban J connectivity index is 1.95. The molecule has 1 N–H and O–H groups in total. The second-order valence-electron chi connectivity index (χ2n) is 6.72. The van der Waals surface area contributed by atoms with Crippen molar-refractivity contribution in [1.29, 1.82) is 0 Å². The number of halogens is 1. The summed E-state index contributed by atoms with van der Waals surface area (Å²) < 4.78 is 13.5. The van der Waals surface area contributed by atoms with Crippen LogP contribution in [0.15, 0.2) is 60.2 Å². The number of amides is 1. The zero-order valence-corrected chi connectivity index (χ0v) is 16.5. The van der Waals surface area contributed by atoms with Crippen LogP contribution in [0.25, 0.3) is 5.76 Å².